The van der Waals surface area contributed by atoms with Gasteiger partial charge in [0.1, 0.15) is 11.9 Å². The molecule has 3 aromatic carbocycles. The summed E-state index contributed by atoms with van der Waals surface area (Å²) < 4.78 is 14.5. The van der Waals surface area contributed by atoms with Crippen LogP contribution in [0.1, 0.15) is 30.5 Å². The molecule has 0 unspecified atom stereocenters. The number of hydrogen-bond donors (Lipinski definition) is 1. The molecule has 2 amide bonds. The molecule has 0 aliphatic rings. The van der Waals surface area contributed by atoms with Gasteiger partial charge in [-0.15, -0.1) is 0 Å². The molecule has 0 heterocycles. The summed E-state index contributed by atoms with van der Waals surface area (Å²) >= 11 is 6.20. The lowest BCUT2D eigenvalue weighted by Crippen LogP contribution is -2.51. The largest absolute Gasteiger partial charge is 0.354 e. The molecule has 0 bridgehead atoms. The SMILES string of the molecule is CC(C)CNC(=O)[C@H](Cc1ccccc1)N(Cc1ccccc1)C(=O)Cc1c(F)cccc1Cl. The fourth-order valence-corrected chi connectivity index (χ4v) is 3.94. The molecule has 0 saturated carbocycles. The van der Waals surface area contributed by atoms with Crippen LogP contribution in [0.4, 0.5) is 4.39 Å². The van der Waals surface area contributed by atoms with Crippen molar-refractivity contribution in [3.8, 4) is 0 Å². The Kier molecular flexibility index (Phi) is 9.23. The van der Waals surface area contributed by atoms with Crippen LogP contribution in [0.25, 0.3) is 0 Å². The second-order valence-electron chi connectivity index (χ2n) is 8.73. The van der Waals surface area contributed by atoms with E-state index in [0.717, 1.165) is 11.1 Å². The molecule has 0 spiro atoms. The lowest BCUT2D eigenvalue weighted by atomic mass is 10.0. The first kappa shape index (κ1) is 25.4. The highest BCUT2D eigenvalue weighted by Crippen LogP contribution is 2.22. The van der Waals surface area contributed by atoms with Crippen molar-refractivity contribution < 1.29 is 14.0 Å². The molecule has 1 atom stereocenters. The Balaban J connectivity index is 1.97. The van der Waals surface area contributed by atoms with Crippen molar-refractivity contribution in [1.82, 2.24) is 10.2 Å². The molecule has 6 heteroatoms. The van der Waals surface area contributed by atoms with Gasteiger partial charge in [0, 0.05) is 30.1 Å². The summed E-state index contributed by atoms with van der Waals surface area (Å²) in [7, 11) is 0. The van der Waals surface area contributed by atoms with Gasteiger partial charge in [-0.1, -0.05) is 92.2 Å². The molecule has 0 fully saturated rings. The summed E-state index contributed by atoms with van der Waals surface area (Å²) in [5.41, 5.74) is 1.94. The van der Waals surface area contributed by atoms with E-state index in [-0.39, 0.29) is 41.3 Å². The van der Waals surface area contributed by atoms with Crippen LogP contribution in [0.2, 0.25) is 5.02 Å². The van der Waals surface area contributed by atoms with Crippen LogP contribution in [0, 0.1) is 11.7 Å². The van der Waals surface area contributed by atoms with E-state index in [2.05, 4.69) is 5.32 Å². The summed E-state index contributed by atoms with van der Waals surface area (Å²) in [4.78, 5) is 28.5. The van der Waals surface area contributed by atoms with Gasteiger partial charge in [0.2, 0.25) is 11.8 Å². The minimum absolute atomic E-state index is 0.133. The van der Waals surface area contributed by atoms with Crippen molar-refractivity contribution in [2.24, 2.45) is 5.92 Å². The van der Waals surface area contributed by atoms with E-state index < -0.39 is 11.9 Å². The lowest BCUT2D eigenvalue weighted by molar-refractivity contribution is -0.140. The van der Waals surface area contributed by atoms with Gasteiger partial charge < -0.3 is 10.2 Å². The number of nitrogens with zero attached hydrogens (tertiary/aromatic N) is 1. The first-order valence-corrected chi connectivity index (χ1v) is 11.8. The minimum atomic E-state index is -0.764. The summed E-state index contributed by atoms with van der Waals surface area (Å²) in [5, 5.41) is 3.17. The standard InChI is InChI=1S/C28H30ClFN2O2/c1-20(2)18-31-28(34)26(16-21-10-5-3-6-11-21)32(19-22-12-7-4-8-13-22)27(33)17-23-24(29)14-9-15-25(23)30/h3-15,20,26H,16-19H2,1-2H3,(H,31,34)/t26-/m0/s1. The van der Waals surface area contributed by atoms with Gasteiger partial charge in [-0.3, -0.25) is 9.59 Å². The molecular weight excluding hydrogens is 451 g/mol. The molecule has 3 aromatic rings. The van der Waals surface area contributed by atoms with Crippen molar-refractivity contribution in [2.45, 2.75) is 39.3 Å². The predicted octanol–water partition coefficient (Wildman–Crippen LogP) is 5.43. The smallest absolute Gasteiger partial charge is 0.243 e. The number of carbonyl (C=O) groups is 2. The first-order chi connectivity index (χ1) is 16.3. The third-order valence-corrected chi connectivity index (χ3v) is 5.90. The Morgan fingerprint density at radius 2 is 1.53 bits per heavy atom. The van der Waals surface area contributed by atoms with E-state index >= 15 is 0 Å². The highest BCUT2D eigenvalue weighted by Gasteiger charge is 2.31. The van der Waals surface area contributed by atoms with Crippen LogP contribution in [0.15, 0.2) is 78.9 Å². The van der Waals surface area contributed by atoms with Gasteiger partial charge in [-0.2, -0.15) is 0 Å². The maximum absolute atomic E-state index is 14.5. The molecule has 1 N–H and O–H groups in total. The van der Waals surface area contributed by atoms with Crippen molar-refractivity contribution in [3.05, 3.63) is 106 Å². The summed E-state index contributed by atoms with van der Waals surface area (Å²) in [6.45, 7) is 4.74. The number of amides is 2. The minimum Gasteiger partial charge on any atom is -0.354 e. The zero-order valence-electron chi connectivity index (χ0n) is 19.5. The van der Waals surface area contributed by atoms with E-state index in [9.17, 15) is 14.0 Å². The van der Waals surface area contributed by atoms with Gasteiger partial charge >= 0.3 is 0 Å². The zero-order chi connectivity index (χ0) is 24.5. The number of carbonyl (C=O) groups excluding carboxylic acids is 2. The number of halogens is 2. The van der Waals surface area contributed by atoms with Gasteiger partial charge in [0.15, 0.2) is 0 Å². The first-order valence-electron chi connectivity index (χ1n) is 11.4. The van der Waals surface area contributed by atoms with E-state index in [0.29, 0.717) is 13.0 Å². The third kappa shape index (κ3) is 7.16. The molecule has 0 aromatic heterocycles. The van der Waals surface area contributed by atoms with Crippen LogP contribution < -0.4 is 5.32 Å². The van der Waals surface area contributed by atoms with Crippen molar-refractivity contribution in [3.63, 3.8) is 0 Å². The molecule has 178 valence electrons. The molecule has 0 radical (unpaired) electrons. The van der Waals surface area contributed by atoms with Crippen LogP contribution in [-0.4, -0.2) is 29.3 Å². The highest BCUT2D eigenvalue weighted by molar-refractivity contribution is 6.31. The molecule has 4 nitrogen and oxygen atoms in total. The van der Waals surface area contributed by atoms with Crippen LogP contribution in [-0.2, 0) is 29.0 Å². The Labute approximate surface area is 205 Å². The lowest BCUT2D eigenvalue weighted by Gasteiger charge is -2.32. The average Bonchev–Trinajstić information content (AvgIpc) is 2.83. The average molecular weight is 481 g/mol. The number of hydrogen-bond acceptors (Lipinski definition) is 2. The van der Waals surface area contributed by atoms with Crippen LogP contribution in [0.5, 0.6) is 0 Å². The van der Waals surface area contributed by atoms with Gasteiger partial charge in [0.05, 0.1) is 6.42 Å². The summed E-state index contributed by atoms with van der Waals surface area (Å²) in [5.74, 6) is -0.876. The molecule has 0 aliphatic carbocycles. The fraction of sp³-hybridized carbons (Fsp3) is 0.286. The van der Waals surface area contributed by atoms with Crippen LogP contribution >= 0.6 is 11.6 Å². The summed E-state index contributed by atoms with van der Waals surface area (Å²) in [6, 6.07) is 22.6. The Hall–Kier alpha value is -3.18. The zero-order valence-corrected chi connectivity index (χ0v) is 20.3. The molecule has 34 heavy (non-hydrogen) atoms. The fourth-order valence-electron chi connectivity index (χ4n) is 3.71. The highest BCUT2D eigenvalue weighted by atomic mass is 35.5. The van der Waals surface area contributed by atoms with E-state index in [1.54, 1.807) is 11.0 Å². The Bertz CT molecular complexity index is 1070. The van der Waals surface area contributed by atoms with Gasteiger partial charge in [0.25, 0.3) is 0 Å². The van der Waals surface area contributed by atoms with Crippen molar-refractivity contribution >= 4 is 23.4 Å². The second kappa shape index (κ2) is 12.3. The van der Waals surface area contributed by atoms with Gasteiger partial charge in [-0.25, -0.2) is 4.39 Å². The maximum atomic E-state index is 14.5. The molecule has 0 saturated heterocycles. The quantitative estimate of drug-likeness (QED) is 0.420. The third-order valence-electron chi connectivity index (χ3n) is 5.54. The van der Waals surface area contributed by atoms with Crippen LogP contribution in [0.3, 0.4) is 0 Å². The Morgan fingerprint density at radius 3 is 2.12 bits per heavy atom. The van der Waals surface area contributed by atoms with Crippen molar-refractivity contribution in [2.75, 3.05) is 6.54 Å². The number of nitrogens with one attached hydrogen (secondary N) is 1. The Morgan fingerprint density at radius 1 is 0.912 bits per heavy atom. The normalized spacial score (nSPS) is 11.8. The van der Waals surface area contributed by atoms with Gasteiger partial charge in [-0.05, 0) is 29.2 Å². The second-order valence-corrected chi connectivity index (χ2v) is 9.14. The molecular formula is C28H30ClFN2O2. The predicted molar refractivity (Wildman–Crippen MR) is 134 cm³/mol. The molecule has 3 rings (SSSR count). The maximum Gasteiger partial charge on any atom is 0.243 e. The monoisotopic (exact) mass is 480 g/mol. The van der Waals surface area contributed by atoms with E-state index in [4.69, 9.17) is 11.6 Å². The topological polar surface area (TPSA) is 49.4 Å². The number of benzene rings is 3. The van der Waals surface area contributed by atoms with E-state index in [1.165, 1.54) is 12.1 Å². The number of rotatable bonds is 10. The van der Waals surface area contributed by atoms with E-state index in [1.807, 2.05) is 74.5 Å². The summed E-state index contributed by atoms with van der Waals surface area (Å²) in [6.07, 6.45) is 0.107. The van der Waals surface area contributed by atoms with Crippen molar-refractivity contribution in [1.29, 1.82) is 0 Å². The molecule has 0 aliphatic heterocycles.